The Kier molecular flexibility index (Phi) is 4.30. The Morgan fingerprint density at radius 2 is 1.62 bits per heavy atom. The summed E-state index contributed by atoms with van der Waals surface area (Å²) in [6.45, 7) is 10.3. The second-order valence-electron chi connectivity index (χ2n) is 7.08. The van der Waals surface area contributed by atoms with Crippen LogP contribution in [-0.4, -0.2) is 52.7 Å². The molecule has 0 bridgehead atoms. The van der Waals surface area contributed by atoms with Crippen LogP contribution < -0.4 is 4.90 Å². The molecule has 1 aliphatic heterocycles. The number of ether oxygens (including phenoxy) is 1. The molecule has 3 rings (SSSR count). The Bertz CT molecular complexity index is 746. The summed E-state index contributed by atoms with van der Waals surface area (Å²) < 4.78 is 5.44. The van der Waals surface area contributed by atoms with E-state index in [0.29, 0.717) is 13.1 Å². The SMILES string of the molecule is Cc1nc2ccccc2nc1N1CCN(C(=O)OC(C)(C)C)CC1. The number of amides is 1. The van der Waals surface area contributed by atoms with Gasteiger partial charge in [0.2, 0.25) is 0 Å². The maximum atomic E-state index is 12.2. The van der Waals surface area contributed by atoms with E-state index in [1.165, 1.54) is 0 Å². The fraction of sp³-hybridized carbons (Fsp3) is 0.500. The van der Waals surface area contributed by atoms with Gasteiger partial charge >= 0.3 is 6.09 Å². The van der Waals surface area contributed by atoms with Crippen LogP contribution in [0.5, 0.6) is 0 Å². The first kappa shape index (κ1) is 16.5. The van der Waals surface area contributed by atoms with Crippen molar-refractivity contribution in [1.29, 1.82) is 0 Å². The third-order valence-electron chi connectivity index (χ3n) is 3.95. The number of rotatable bonds is 1. The fourth-order valence-electron chi connectivity index (χ4n) is 2.81. The average molecular weight is 328 g/mol. The molecule has 6 heteroatoms. The standard InChI is InChI=1S/C18H24N4O2/c1-13-16(20-15-8-6-5-7-14(15)19-13)21-9-11-22(12-10-21)17(23)24-18(2,3)4/h5-8H,9-12H2,1-4H3. The van der Waals surface area contributed by atoms with Crippen molar-refractivity contribution in [2.45, 2.75) is 33.3 Å². The van der Waals surface area contributed by atoms with Crippen LogP contribution >= 0.6 is 0 Å². The molecule has 0 unspecified atom stereocenters. The van der Waals surface area contributed by atoms with E-state index in [2.05, 4.69) is 9.88 Å². The molecule has 1 aromatic heterocycles. The van der Waals surface area contributed by atoms with Crippen LogP contribution in [0.25, 0.3) is 11.0 Å². The van der Waals surface area contributed by atoms with Crippen LogP contribution in [0, 0.1) is 6.92 Å². The monoisotopic (exact) mass is 328 g/mol. The van der Waals surface area contributed by atoms with Crippen molar-refractivity contribution >= 4 is 22.9 Å². The molecule has 0 aliphatic carbocycles. The second-order valence-corrected chi connectivity index (χ2v) is 7.08. The predicted octanol–water partition coefficient (Wildman–Crippen LogP) is 3.00. The number of fused-ring (bicyclic) bond motifs is 1. The Balaban J connectivity index is 1.71. The van der Waals surface area contributed by atoms with Gasteiger partial charge in [-0.2, -0.15) is 0 Å². The summed E-state index contributed by atoms with van der Waals surface area (Å²) in [4.78, 5) is 25.5. The molecular weight excluding hydrogens is 304 g/mol. The Labute approximate surface area is 142 Å². The number of nitrogens with zero attached hydrogens (tertiary/aromatic N) is 4. The van der Waals surface area contributed by atoms with Gasteiger partial charge in [-0.25, -0.2) is 14.8 Å². The zero-order valence-electron chi connectivity index (χ0n) is 14.7. The summed E-state index contributed by atoms with van der Waals surface area (Å²) in [7, 11) is 0. The number of hydrogen-bond donors (Lipinski definition) is 0. The van der Waals surface area contributed by atoms with Crippen LogP contribution in [0.4, 0.5) is 10.6 Å². The quantitative estimate of drug-likeness (QED) is 0.805. The minimum Gasteiger partial charge on any atom is -0.444 e. The Morgan fingerprint density at radius 3 is 2.21 bits per heavy atom. The average Bonchev–Trinajstić information content (AvgIpc) is 2.53. The molecule has 1 saturated heterocycles. The van der Waals surface area contributed by atoms with Crippen LogP contribution in [0.15, 0.2) is 24.3 Å². The maximum absolute atomic E-state index is 12.2. The van der Waals surface area contributed by atoms with Crippen LogP contribution in [0.1, 0.15) is 26.5 Å². The number of para-hydroxylation sites is 2. The summed E-state index contributed by atoms with van der Waals surface area (Å²) in [6.07, 6.45) is -0.247. The minimum atomic E-state index is -0.464. The summed E-state index contributed by atoms with van der Waals surface area (Å²) in [5, 5.41) is 0. The van der Waals surface area contributed by atoms with Gasteiger partial charge in [0.1, 0.15) is 5.60 Å². The molecule has 6 nitrogen and oxygen atoms in total. The first-order valence-corrected chi connectivity index (χ1v) is 8.30. The predicted molar refractivity (Wildman–Crippen MR) is 94.3 cm³/mol. The van der Waals surface area contributed by atoms with Crippen LogP contribution in [0.2, 0.25) is 0 Å². The van der Waals surface area contributed by atoms with Crippen molar-refractivity contribution in [2.75, 3.05) is 31.1 Å². The molecule has 0 spiro atoms. The lowest BCUT2D eigenvalue weighted by Crippen LogP contribution is -2.50. The summed E-state index contributed by atoms with van der Waals surface area (Å²) >= 11 is 0. The minimum absolute atomic E-state index is 0.247. The van der Waals surface area contributed by atoms with Crippen molar-refractivity contribution in [2.24, 2.45) is 0 Å². The fourth-order valence-corrected chi connectivity index (χ4v) is 2.81. The molecule has 1 fully saturated rings. The van der Waals surface area contributed by atoms with E-state index in [1.807, 2.05) is 52.0 Å². The van der Waals surface area contributed by atoms with Crippen molar-refractivity contribution < 1.29 is 9.53 Å². The third-order valence-corrected chi connectivity index (χ3v) is 3.95. The lowest BCUT2D eigenvalue weighted by atomic mass is 10.2. The molecule has 2 aromatic rings. The lowest BCUT2D eigenvalue weighted by Gasteiger charge is -2.36. The van der Waals surface area contributed by atoms with E-state index < -0.39 is 5.60 Å². The molecule has 1 aromatic carbocycles. The third kappa shape index (κ3) is 3.58. The number of piperazine rings is 1. The van der Waals surface area contributed by atoms with Crippen molar-refractivity contribution in [3.63, 3.8) is 0 Å². The number of anilines is 1. The van der Waals surface area contributed by atoms with Crippen molar-refractivity contribution in [1.82, 2.24) is 14.9 Å². The molecule has 0 saturated carbocycles. The van der Waals surface area contributed by atoms with E-state index in [4.69, 9.17) is 9.72 Å². The number of aryl methyl sites for hydroxylation is 1. The Morgan fingerprint density at radius 1 is 1.04 bits per heavy atom. The summed E-state index contributed by atoms with van der Waals surface area (Å²) in [5.41, 5.74) is 2.26. The summed E-state index contributed by atoms with van der Waals surface area (Å²) in [5.74, 6) is 0.900. The highest BCUT2D eigenvalue weighted by Gasteiger charge is 2.27. The smallest absolute Gasteiger partial charge is 0.410 e. The molecule has 1 aliphatic rings. The van der Waals surface area contributed by atoms with E-state index in [-0.39, 0.29) is 6.09 Å². The Hall–Kier alpha value is -2.37. The van der Waals surface area contributed by atoms with Gasteiger partial charge in [0.25, 0.3) is 0 Å². The zero-order valence-corrected chi connectivity index (χ0v) is 14.7. The van der Waals surface area contributed by atoms with Gasteiger partial charge < -0.3 is 14.5 Å². The van der Waals surface area contributed by atoms with Gasteiger partial charge in [-0.3, -0.25) is 0 Å². The molecular formula is C18H24N4O2. The first-order chi connectivity index (χ1) is 11.3. The highest BCUT2D eigenvalue weighted by molar-refractivity contribution is 5.76. The van der Waals surface area contributed by atoms with Crippen LogP contribution in [-0.2, 0) is 4.74 Å². The number of hydrogen-bond acceptors (Lipinski definition) is 5. The zero-order chi connectivity index (χ0) is 17.3. The van der Waals surface area contributed by atoms with Gasteiger partial charge in [-0.05, 0) is 39.8 Å². The number of aromatic nitrogens is 2. The van der Waals surface area contributed by atoms with Crippen molar-refractivity contribution in [3.05, 3.63) is 30.0 Å². The molecule has 2 heterocycles. The number of carbonyl (C=O) groups is 1. The molecule has 0 radical (unpaired) electrons. The number of benzene rings is 1. The van der Waals surface area contributed by atoms with Gasteiger partial charge in [-0.1, -0.05) is 12.1 Å². The molecule has 1 amide bonds. The lowest BCUT2D eigenvalue weighted by molar-refractivity contribution is 0.0240. The van der Waals surface area contributed by atoms with E-state index in [1.54, 1.807) is 4.90 Å². The van der Waals surface area contributed by atoms with Gasteiger partial charge in [0.05, 0.1) is 16.7 Å². The molecule has 0 atom stereocenters. The maximum Gasteiger partial charge on any atom is 0.410 e. The van der Waals surface area contributed by atoms with Gasteiger partial charge in [0, 0.05) is 26.2 Å². The molecule has 24 heavy (non-hydrogen) atoms. The van der Waals surface area contributed by atoms with E-state index in [0.717, 1.165) is 35.6 Å². The molecule has 0 N–H and O–H groups in total. The van der Waals surface area contributed by atoms with Gasteiger partial charge in [0.15, 0.2) is 5.82 Å². The normalized spacial score (nSPS) is 15.7. The van der Waals surface area contributed by atoms with Crippen LogP contribution in [0.3, 0.4) is 0 Å². The number of carbonyl (C=O) groups excluding carboxylic acids is 1. The topological polar surface area (TPSA) is 58.6 Å². The highest BCUT2D eigenvalue weighted by atomic mass is 16.6. The molecule has 128 valence electrons. The van der Waals surface area contributed by atoms with E-state index in [9.17, 15) is 4.79 Å². The highest BCUT2D eigenvalue weighted by Crippen LogP contribution is 2.21. The first-order valence-electron chi connectivity index (χ1n) is 8.30. The second kappa shape index (κ2) is 6.26. The van der Waals surface area contributed by atoms with Crippen molar-refractivity contribution in [3.8, 4) is 0 Å². The largest absolute Gasteiger partial charge is 0.444 e. The van der Waals surface area contributed by atoms with Gasteiger partial charge in [-0.15, -0.1) is 0 Å². The summed E-state index contributed by atoms with van der Waals surface area (Å²) in [6, 6.07) is 7.88. The van der Waals surface area contributed by atoms with E-state index >= 15 is 0 Å².